The van der Waals surface area contributed by atoms with E-state index in [1.807, 2.05) is 0 Å². The van der Waals surface area contributed by atoms with Crippen LogP contribution >= 0.6 is 0 Å². The largest absolute Gasteiger partial charge is 0.484 e. The van der Waals surface area contributed by atoms with Crippen LogP contribution in [0.25, 0.3) is 0 Å². The van der Waals surface area contributed by atoms with Crippen LogP contribution in [0, 0.1) is 11.3 Å². The van der Waals surface area contributed by atoms with E-state index in [2.05, 4.69) is 11.4 Å². The number of carbonyl (C=O) groups excluding carboxylic acids is 1. The Morgan fingerprint density at radius 3 is 2.81 bits per heavy atom. The molecule has 130 valence electrons. The zero-order valence-electron chi connectivity index (χ0n) is 13.8. The molecule has 6 nitrogen and oxygen atoms in total. The Morgan fingerprint density at radius 1 is 1.15 bits per heavy atom. The number of hydrogen-bond acceptors (Lipinski definition) is 5. The molecule has 2 N–H and O–H groups in total. The molecule has 0 aliphatic rings. The molecule has 0 aliphatic heterocycles. The molecular weight excluding hydrogens is 332 g/mol. The molecule has 0 unspecified atom stereocenters. The predicted octanol–water partition coefficient (Wildman–Crippen LogP) is 3.47. The van der Waals surface area contributed by atoms with Crippen molar-refractivity contribution in [2.75, 3.05) is 5.32 Å². The summed E-state index contributed by atoms with van der Waals surface area (Å²) in [4.78, 5) is 12.3. The number of hydrogen-bond donors (Lipinski definition) is 2. The highest BCUT2D eigenvalue weighted by atomic mass is 16.5. The third-order valence-corrected chi connectivity index (χ3v) is 3.63. The fourth-order valence-electron chi connectivity index (χ4n) is 2.35. The number of aliphatic hydroxyl groups excluding tert-OH is 1. The van der Waals surface area contributed by atoms with Gasteiger partial charge in [-0.05, 0) is 42.0 Å². The van der Waals surface area contributed by atoms with Crippen molar-refractivity contribution in [3.8, 4) is 11.8 Å². The normalized spacial score (nSPS) is 10.2. The number of rotatable bonds is 6. The van der Waals surface area contributed by atoms with Crippen LogP contribution in [0.4, 0.5) is 5.69 Å². The summed E-state index contributed by atoms with van der Waals surface area (Å²) in [5.74, 6) is 0.667. The quantitative estimate of drug-likeness (QED) is 0.711. The first-order chi connectivity index (χ1) is 12.7. The van der Waals surface area contributed by atoms with Gasteiger partial charge in [-0.2, -0.15) is 5.26 Å². The van der Waals surface area contributed by atoms with Gasteiger partial charge in [0.15, 0.2) is 5.76 Å². The van der Waals surface area contributed by atoms with Gasteiger partial charge in [0.1, 0.15) is 24.2 Å². The van der Waals surface area contributed by atoms with Gasteiger partial charge in [-0.25, -0.2) is 0 Å². The number of nitrogens with zero attached hydrogens (tertiary/aromatic N) is 1. The first-order valence-corrected chi connectivity index (χ1v) is 7.91. The standard InChI is InChI=1S/C20H16N2O4/c21-11-15-5-1-2-7-18(15)25-13-17-8-9-19(26-17)20(24)22-16-6-3-4-14(10-16)12-23/h1-10,23H,12-13H2,(H,22,24). The number of furan rings is 1. The molecule has 1 heterocycles. The number of nitriles is 1. The summed E-state index contributed by atoms with van der Waals surface area (Å²) >= 11 is 0. The average Bonchev–Trinajstić information content (AvgIpc) is 3.16. The van der Waals surface area contributed by atoms with Crippen molar-refractivity contribution in [2.45, 2.75) is 13.2 Å². The molecule has 1 aromatic heterocycles. The van der Waals surface area contributed by atoms with E-state index in [0.717, 1.165) is 0 Å². The second-order valence-corrected chi connectivity index (χ2v) is 5.48. The Kier molecular flexibility index (Phi) is 5.32. The zero-order chi connectivity index (χ0) is 18.4. The highest BCUT2D eigenvalue weighted by Gasteiger charge is 2.12. The Morgan fingerprint density at radius 2 is 2.00 bits per heavy atom. The molecule has 0 saturated heterocycles. The van der Waals surface area contributed by atoms with Crippen molar-refractivity contribution < 1.29 is 19.1 Å². The van der Waals surface area contributed by atoms with E-state index in [4.69, 9.17) is 19.5 Å². The first-order valence-electron chi connectivity index (χ1n) is 7.91. The molecule has 3 aromatic rings. The molecule has 0 saturated carbocycles. The number of ether oxygens (including phenoxy) is 1. The Hall–Kier alpha value is -3.56. The van der Waals surface area contributed by atoms with Crippen LogP contribution in [0.15, 0.2) is 65.1 Å². The molecule has 1 amide bonds. The smallest absolute Gasteiger partial charge is 0.291 e. The van der Waals surface area contributed by atoms with E-state index in [0.29, 0.717) is 28.3 Å². The topological polar surface area (TPSA) is 95.5 Å². The molecular formula is C20H16N2O4. The first kappa shape index (κ1) is 17.3. The molecule has 0 fully saturated rings. The van der Waals surface area contributed by atoms with E-state index in [-0.39, 0.29) is 19.0 Å². The van der Waals surface area contributed by atoms with Crippen LogP contribution in [0.1, 0.15) is 27.4 Å². The van der Waals surface area contributed by atoms with Crippen LogP contribution < -0.4 is 10.1 Å². The minimum absolute atomic E-state index is 0.101. The van der Waals surface area contributed by atoms with E-state index < -0.39 is 5.91 Å². The molecule has 0 radical (unpaired) electrons. The van der Waals surface area contributed by atoms with Gasteiger partial charge in [-0.15, -0.1) is 0 Å². The predicted molar refractivity (Wildman–Crippen MR) is 94.5 cm³/mol. The number of anilines is 1. The Bertz CT molecular complexity index is 956. The van der Waals surface area contributed by atoms with Crippen molar-refractivity contribution in [3.63, 3.8) is 0 Å². The van der Waals surface area contributed by atoms with E-state index in [1.165, 1.54) is 0 Å². The lowest BCUT2D eigenvalue weighted by atomic mass is 10.2. The van der Waals surface area contributed by atoms with Gasteiger partial charge in [-0.3, -0.25) is 4.79 Å². The van der Waals surface area contributed by atoms with Crippen LogP contribution in [-0.2, 0) is 13.2 Å². The van der Waals surface area contributed by atoms with E-state index in [9.17, 15) is 4.79 Å². The van der Waals surface area contributed by atoms with Crippen LogP contribution in [0.3, 0.4) is 0 Å². The lowest BCUT2D eigenvalue weighted by Gasteiger charge is -2.06. The van der Waals surface area contributed by atoms with Crippen molar-refractivity contribution in [2.24, 2.45) is 0 Å². The van der Waals surface area contributed by atoms with Crippen molar-refractivity contribution in [1.82, 2.24) is 0 Å². The third-order valence-electron chi connectivity index (χ3n) is 3.63. The average molecular weight is 348 g/mol. The lowest BCUT2D eigenvalue weighted by Crippen LogP contribution is -2.11. The van der Waals surface area contributed by atoms with Gasteiger partial charge >= 0.3 is 0 Å². The molecule has 0 aliphatic carbocycles. The van der Waals surface area contributed by atoms with E-state index >= 15 is 0 Å². The lowest BCUT2D eigenvalue weighted by molar-refractivity contribution is 0.0992. The second kappa shape index (κ2) is 8.01. The van der Waals surface area contributed by atoms with Gasteiger partial charge in [0, 0.05) is 5.69 Å². The van der Waals surface area contributed by atoms with Crippen molar-refractivity contribution in [3.05, 3.63) is 83.3 Å². The summed E-state index contributed by atoms with van der Waals surface area (Å²) in [6.45, 7) is 0.00208. The SMILES string of the molecule is N#Cc1ccccc1OCc1ccc(C(=O)Nc2cccc(CO)c2)o1. The molecule has 3 rings (SSSR count). The molecule has 2 aromatic carbocycles. The fraction of sp³-hybridized carbons (Fsp3) is 0.100. The summed E-state index contributed by atoms with van der Waals surface area (Å²) in [7, 11) is 0. The Balaban J connectivity index is 1.63. The van der Waals surface area contributed by atoms with Gasteiger partial charge in [0.25, 0.3) is 5.91 Å². The van der Waals surface area contributed by atoms with E-state index in [1.54, 1.807) is 60.7 Å². The fourth-order valence-corrected chi connectivity index (χ4v) is 2.35. The van der Waals surface area contributed by atoms with Gasteiger partial charge < -0.3 is 19.6 Å². The number of amides is 1. The maximum atomic E-state index is 12.3. The third kappa shape index (κ3) is 4.09. The summed E-state index contributed by atoms with van der Waals surface area (Å²) in [6.07, 6.45) is 0. The highest BCUT2D eigenvalue weighted by molar-refractivity contribution is 6.02. The summed E-state index contributed by atoms with van der Waals surface area (Å²) in [6, 6.07) is 19.1. The number of para-hydroxylation sites is 1. The number of aliphatic hydroxyl groups is 1. The number of benzene rings is 2. The van der Waals surface area contributed by atoms with Crippen LogP contribution in [0.5, 0.6) is 5.75 Å². The minimum atomic E-state index is -0.399. The monoisotopic (exact) mass is 348 g/mol. The Labute approximate surface area is 150 Å². The molecule has 0 atom stereocenters. The molecule has 26 heavy (non-hydrogen) atoms. The van der Waals surface area contributed by atoms with Crippen LogP contribution in [-0.4, -0.2) is 11.0 Å². The van der Waals surface area contributed by atoms with Crippen LogP contribution in [0.2, 0.25) is 0 Å². The molecule has 6 heteroatoms. The molecule has 0 bridgehead atoms. The summed E-state index contributed by atoms with van der Waals surface area (Å²) < 4.78 is 11.1. The maximum Gasteiger partial charge on any atom is 0.291 e. The van der Waals surface area contributed by atoms with Gasteiger partial charge in [0.2, 0.25) is 0 Å². The molecule has 0 spiro atoms. The number of carbonyl (C=O) groups is 1. The second-order valence-electron chi connectivity index (χ2n) is 5.48. The summed E-state index contributed by atoms with van der Waals surface area (Å²) in [5.41, 5.74) is 1.70. The van der Waals surface area contributed by atoms with Crippen molar-refractivity contribution in [1.29, 1.82) is 5.26 Å². The zero-order valence-corrected chi connectivity index (χ0v) is 13.8. The maximum absolute atomic E-state index is 12.3. The van der Waals surface area contributed by atoms with Gasteiger partial charge in [0.05, 0.1) is 12.2 Å². The van der Waals surface area contributed by atoms with Crippen molar-refractivity contribution >= 4 is 11.6 Å². The van der Waals surface area contributed by atoms with Gasteiger partial charge in [-0.1, -0.05) is 24.3 Å². The number of nitrogens with one attached hydrogen (secondary N) is 1. The minimum Gasteiger partial charge on any atom is -0.484 e. The summed E-state index contributed by atoms with van der Waals surface area (Å²) in [5, 5.41) is 20.9. The highest BCUT2D eigenvalue weighted by Crippen LogP contribution is 2.19.